The molecule has 0 spiro atoms. The first kappa shape index (κ1) is 18.2. The number of pyridine rings is 1. The minimum absolute atomic E-state index is 0.302. The zero-order valence-electron chi connectivity index (χ0n) is 14.5. The Bertz CT molecular complexity index is 940. The molecule has 0 aliphatic heterocycles. The number of rotatable bonds is 7. The van der Waals surface area contributed by atoms with Gasteiger partial charge < -0.3 is 21.1 Å². The minimum atomic E-state index is -0.561. The van der Waals surface area contributed by atoms with Gasteiger partial charge in [-0.1, -0.05) is 6.92 Å². The Morgan fingerprint density at radius 3 is 2.92 bits per heavy atom. The standard InChI is InChI=1S/C17H20N6O2S/c1-3-11-10(8-24)13-15(20-7-9(2)25)22-17(23-16(13)21-11)26-12-5-4-6-19-14(12)18/h4-6,8-9,25H,3,7H2,1-2H3,(H2,18,19)(H2,20,21,22,23)/t9-/m0/s1. The van der Waals surface area contributed by atoms with Crippen molar-refractivity contribution >= 4 is 40.7 Å². The number of carbonyl (C=O) groups is 1. The number of aldehydes is 1. The van der Waals surface area contributed by atoms with Crippen molar-refractivity contribution in [1.29, 1.82) is 0 Å². The average Bonchev–Trinajstić information content (AvgIpc) is 2.99. The van der Waals surface area contributed by atoms with Crippen molar-refractivity contribution in [3.8, 4) is 0 Å². The molecule has 136 valence electrons. The van der Waals surface area contributed by atoms with Gasteiger partial charge in [-0.3, -0.25) is 4.79 Å². The number of nitrogens with two attached hydrogens (primary N) is 1. The highest BCUT2D eigenvalue weighted by Crippen LogP contribution is 2.33. The van der Waals surface area contributed by atoms with Crippen LogP contribution in [0.1, 0.15) is 29.9 Å². The zero-order chi connectivity index (χ0) is 18.7. The van der Waals surface area contributed by atoms with Crippen LogP contribution in [-0.2, 0) is 6.42 Å². The van der Waals surface area contributed by atoms with Crippen LogP contribution in [0.25, 0.3) is 11.0 Å². The predicted octanol–water partition coefficient (Wildman–Crippen LogP) is 2.25. The molecule has 3 aromatic rings. The Morgan fingerprint density at radius 2 is 2.27 bits per heavy atom. The quantitative estimate of drug-likeness (QED) is 0.367. The Morgan fingerprint density at radius 1 is 1.46 bits per heavy atom. The van der Waals surface area contributed by atoms with E-state index in [1.807, 2.05) is 13.0 Å². The summed E-state index contributed by atoms with van der Waals surface area (Å²) in [6.45, 7) is 3.93. The van der Waals surface area contributed by atoms with Crippen LogP contribution in [0, 0.1) is 0 Å². The number of nitrogen functional groups attached to an aromatic ring is 1. The van der Waals surface area contributed by atoms with E-state index >= 15 is 0 Å². The smallest absolute Gasteiger partial charge is 0.196 e. The van der Waals surface area contributed by atoms with Crippen LogP contribution in [-0.4, -0.2) is 44.0 Å². The summed E-state index contributed by atoms with van der Waals surface area (Å²) < 4.78 is 0. The molecule has 0 aliphatic carbocycles. The van der Waals surface area contributed by atoms with Gasteiger partial charge in [0.25, 0.3) is 0 Å². The molecule has 0 bridgehead atoms. The second-order valence-corrected chi connectivity index (χ2v) is 6.79. The number of nitrogens with zero attached hydrogens (tertiary/aromatic N) is 3. The monoisotopic (exact) mass is 372 g/mol. The van der Waals surface area contributed by atoms with Gasteiger partial charge in [-0.2, -0.15) is 0 Å². The van der Waals surface area contributed by atoms with E-state index in [-0.39, 0.29) is 0 Å². The normalized spacial score (nSPS) is 12.3. The first-order valence-corrected chi connectivity index (χ1v) is 9.03. The summed E-state index contributed by atoms with van der Waals surface area (Å²) >= 11 is 1.29. The van der Waals surface area contributed by atoms with Crippen molar-refractivity contribution in [3.05, 3.63) is 29.6 Å². The van der Waals surface area contributed by atoms with E-state index < -0.39 is 6.10 Å². The molecular formula is C17H20N6O2S. The van der Waals surface area contributed by atoms with Gasteiger partial charge in [-0.15, -0.1) is 0 Å². The lowest BCUT2D eigenvalue weighted by atomic mass is 10.1. The van der Waals surface area contributed by atoms with Crippen molar-refractivity contribution in [1.82, 2.24) is 19.9 Å². The molecule has 0 fully saturated rings. The van der Waals surface area contributed by atoms with Crippen LogP contribution in [0.3, 0.4) is 0 Å². The van der Waals surface area contributed by atoms with E-state index in [0.717, 1.165) is 16.9 Å². The lowest BCUT2D eigenvalue weighted by Gasteiger charge is -2.11. The van der Waals surface area contributed by atoms with Crippen molar-refractivity contribution < 1.29 is 9.90 Å². The number of nitrogens with one attached hydrogen (secondary N) is 2. The summed E-state index contributed by atoms with van der Waals surface area (Å²) in [7, 11) is 0. The highest BCUT2D eigenvalue weighted by molar-refractivity contribution is 7.99. The number of aromatic amines is 1. The van der Waals surface area contributed by atoms with E-state index in [0.29, 0.717) is 46.4 Å². The third-order valence-electron chi connectivity index (χ3n) is 3.79. The molecule has 26 heavy (non-hydrogen) atoms. The molecule has 8 nitrogen and oxygen atoms in total. The summed E-state index contributed by atoms with van der Waals surface area (Å²) in [6, 6.07) is 3.63. The molecule has 0 amide bonds. The van der Waals surface area contributed by atoms with Crippen LogP contribution < -0.4 is 11.1 Å². The fraction of sp³-hybridized carbons (Fsp3) is 0.294. The molecule has 0 aliphatic rings. The molecule has 1 atom stereocenters. The minimum Gasteiger partial charge on any atom is -0.392 e. The van der Waals surface area contributed by atoms with Crippen LogP contribution in [0.2, 0.25) is 0 Å². The number of hydrogen-bond donors (Lipinski definition) is 4. The molecular weight excluding hydrogens is 352 g/mol. The molecule has 9 heteroatoms. The summed E-state index contributed by atoms with van der Waals surface area (Å²) in [5.41, 5.74) is 7.80. The molecule has 0 unspecified atom stereocenters. The van der Waals surface area contributed by atoms with Crippen molar-refractivity contribution in [3.63, 3.8) is 0 Å². The summed E-state index contributed by atoms with van der Waals surface area (Å²) in [5.74, 6) is 0.896. The molecule has 5 N–H and O–H groups in total. The van der Waals surface area contributed by atoms with Crippen LogP contribution in [0.5, 0.6) is 0 Å². The third kappa shape index (κ3) is 3.63. The van der Waals surface area contributed by atoms with Crippen molar-refractivity contribution in [2.45, 2.75) is 36.4 Å². The number of anilines is 2. The van der Waals surface area contributed by atoms with Crippen LogP contribution in [0.15, 0.2) is 28.4 Å². The van der Waals surface area contributed by atoms with Gasteiger partial charge >= 0.3 is 0 Å². The molecule has 3 rings (SSSR count). The summed E-state index contributed by atoms with van der Waals surface area (Å²) in [5, 5.41) is 13.8. The van der Waals surface area contributed by atoms with E-state index in [2.05, 4.69) is 25.3 Å². The molecule has 0 aromatic carbocycles. The number of aliphatic hydroxyl groups excluding tert-OH is 1. The highest BCUT2D eigenvalue weighted by atomic mass is 32.2. The van der Waals surface area contributed by atoms with Gasteiger partial charge in [0.15, 0.2) is 11.4 Å². The Labute approximate surface area is 154 Å². The fourth-order valence-corrected chi connectivity index (χ4v) is 3.34. The van der Waals surface area contributed by atoms with Gasteiger partial charge in [0.05, 0.1) is 16.4 Å². The third-order valence-corrected chi connectivity index (χ3v) is 4.72. The number of aryl methyl sites for hydroxylation is 1. The SMILES string of the molecule is CCc1[nH]c2nc(Sc3cccnc3N)nc(NC[C@H](C)O)c2c1C=O. The number of aromatic nitrogens is 4. The number of aliphatic hydroxyl groups is 1. The Balaban J connectivity index is 2.10. The second kappa shape index (κ2) is 7.71. The van der Waals surface area contributed by atoms with Crippen molar-refractivity contribution in [2.24, 2.45) is 0 Å². The number of H-pyrrole nitrogens is 1. The first-order chi connectivity index (χ1) is 12.5. The van der Waals surface area contributed by atoms with E-state index in [1.54, 1.807) is 19.2 Å². The van der Waals surface area contributed by atoms with Crippen LogP contribution in [0.4, 0.5) is 11.6 Å². The maximum atomic E-state index is 11.6. The van der Waals surface area contributed by atoms with E-state index in [1.165, 1.54) is 11.8 Å². The topological polar surface area (TPSA) is 130 Å². The molecule has 3 heterocycles. The molecule has 0 radical (unpaired) electrons. The Hall–Kier alpha value is -2.65. The molecule has 3 aromatic heterocycles. The summed E-state index contributed by atoms with van der Waals surface area (Å²) in [6.07, 6.45) is 2.53. The van der Waals surface area contributed by atoms with E-state index in [4.69, 9.17) is 5.73 Å². The average molecular weight is 372 g/mol. The van der Waals surface area contributed by atoms with Crippen LogP contribution >= 0.6 is 11.8 Å². The first-order valence-electron chi connectivity index (χ1n) is 8.21. The molecule has 0 saturated carbocycles. The highest BCUT2D eigenvalue weighted by Gasteiger charge is 2.18. The maximum absolute atomic E-state index is 11.6. The van der Waals surface area contributed by atoms with E-state index in [9.17, 15) is 9.90 Å². The lowest BCUT2D eigenvalue weighted by molar-refractivity contribution is 0.112. The zero-order valence-corrected chi connectivity index (χ0v) is 15.3. The van der Waals surface area contributed by atoms with Gasteiger partial charge in [0.1, 0.15) is 17.3 Å². The van der Waals surface area contributed by atoms with Crippen molar-refractivity contribution in [2.75, 3.05) is 17.6 Å². The van der Waals surface area contributed by atoms with Gasteiger partial charge in [0.2, 0.25) is 0 Å². The largest absolute Gasteiger partial charge is 0.392 e. The van der Waals surface area contributed by atoms with Gasteiger partial charge in [0, 0.05) is 24.0 Å². The maximum Gasteiger partial charge on any atom is 0.196 e. The number of hydrogen-bond acceptors (Lipinski definition) is 8. The number of fused-ring (bicyclic) bond motifs is 1. The number of carbonyl (C=O) groups excluding carboxylic acids is 1. The fourth-order valence-electron chi connectivity index (χ4n) is 2.56. The Kier molecular flexibility index (Phi) is 5.38. The second-order valence-electron chi connectivity index (χ2n) is 5.79. The molecule has 0 saturated heterocycles. The van der Waals surface area contributed by atoms with Gasteiger partial charge in [-0.05, 0) is 37.2 Å². The van der Waals surface area contributed by atoms with Gasteiger partial charge in [-0.25, -0.2) is 15.0 Å². The lowest BCUT2D eigenvalue weighted by Crippen LogP contribution is -2.16. The predicted molar refractivity (Wildman–Crippen MR) is 102 cm³/mol. The summed E-state index contributed by atoms with van der Waals surface area (Å²) in [4.78, 5) is 28.6.